The Bertz CT molecular complexity index is 567. The highest BCUT2D eigenvalue weighted by Gasteiger charge is 2.38. The predicted octanol–water partition coefficient (Wildman–Crippen LogP) is 3.71. The lowest BCUT2D eigenvalue weighted by Gasteiger charge is -2.33. The minimum absolute atomic E-state index is 0.233. The van der Waals surface area contributed by atoms with Gasteiger partial charge in [0.25, 0.3) is 0 Å². The number of hydrogen-bond acceptors (Lipinski definition) is 3. The van der Waals surface area contributed by atoms with Crippen LogP contribution in [0.4, 0.5) is 4.39 Å². The number of rotatable bonds is 4. The molecule has 124 valence electrons. The Hall–Kier alpha value is -1.23. The van der Waals surface area contributed by atoms with Gasteiger partial charge in [0.05, 0.1) is 17.8 Å². The van der Waals surface area contributed by atoms with Crippen LogP contribution >= 0.6 is 0 Å². The first-order valence-electron chi connectivity index (χ1n) is 8.15. The number of halogens is 1. The van der Waals surface area contributed by atoms with Crippen LogP contribution in [0.15, 0.2) is 5.57 Å². The molecule has 1 N–H and O–H groups in total. The third-order valence-electron chi connectivity index (χ3n) is 4.89. The second kappa shape index (κ2) is 5.76. The molecule has 2 unspecified atom stereocenters. The van der Waals surface area contributed by atoms with Crippen molar-refractivity contribution in [2.24, 2.45) is 5.41 Å². The molecule has 1 aliphatic rings. The van der Waals surface area contributed by atoms with Crippen molar-refractivity contribution < 1.29 is 9.50 Å². The van der Waals surface area contributed by atoms with Gasteiger partial charge in [-0.2, -0.15) is 0 Å². The number of allylic oxidation sites excluding steroid dienone is 1. The van der Waals surface area contributed by atoms with Crippen molar-refractivity contribution in [3.8, 4) is 0 Å². The normalized spacial score (nSPS) is 22.5. The SMILES string of the molecule is CCC(O)(CC)Cn1nnc2c1C(C)C(F)C(C(C)(C)C)=C2. The average Bonchev–Trinajstić information content (AvgIpc) is 2.84. The molecule has 0 aromatic carbocycles. The largest absolute Gasteiger partial charge is 0.388 e. The number of aliphatic hydroxyl groups is 1. The summed E-state index contributed by atoms with van der Waals surface area (Å²) in [5, 5.41) is 18.9. The molecule has 2 atom stereocenters. The molecule has 0 spiro atoms. The first-order chi connectivity index (χ1) is 10.1. The highest BCUT2D eigenvalue weighted by atomic mass is 19.1. The summed E-state index contributed by atoms with van der Waals surface area (Å²) < 4.78 is 16.6. The fourth-order valence-corrected chi connectivity index (χ4v) is 3.04. The van der Waals surface area contributed by atoms with E-state index >= 15 is 0 Å². The van der Waals surface area contributed by atoms with E-state index in [1.54, 1.807) is 4.68 Å². The summed E-state index contributed by atoms with van der Waals surface area (Å²) in [7, 11) is 0. The molecule has 0 bridgehead atoms. The Balaban J connectivity index is 2.44. The van der Waals surface area contributed by atoms with Crippen LogP contribution in [0, 0.1) is 5.41 Å². The van der Waals surface area contributed by atoms with Gasteiger partial charge in [0.1, 0.15) is 11.9 Å². The van der Waals surface area contributed by atoms with Crippen LogP contribution < -0.4 is 0 Å². The Morgan fingerprint density at radius 1 is 1.27 bits per heavy atom. The van der Waals surface area contributed by atoms with Gasteiger partial charge in [0, 0.05) is 5.92 Å². The summed E-state index contributed by atoms with van der Waals surface area (Å²) in [5.41, 5.74) is 1.24. The fourth-order valence-electron chi connectivity index (χ4n) is 3.04. The zero-order chi connectivity index (χ0) is 16.7. The van der Waals surface area contributed by atoms with Crippen LogP contribution in [-0.4, -0.2) is 31.9 Å². The fraction of sp³-hybridized carbons (Fsp3) is 0.765. The molecule has 5 heteroatoms. The molecule has 1 aromatic rings. The molecular weight excluding hydrogens is 281 g/mol. The van der Waals surface area contributed by atoms with E-state index in [-0.39, 0.29) is 11.3 Å². The molecule has 1 aromatic heterocycles. The highest BCUT2D eigenvalue weighted by Crippen LogP contribution is 2.42. The third-order valence-corrected chi connectivity index (χ3v) is 4.89. The molecule has 1 aliphatic carbocycles. The van der Waals surface area contributed by atoms with Crippen molar-refractivity contribution in [2.75, 3.05) is 0 Å². The lowest BCUT2D eigenvalue weighted by atomic mass is 9.76. The number of nitrogens with zero attached hydrogens (tertiary/aromatic N) is 3. The zero-order valence-corrected chi connectivity index (χ0v) is 14.5. The maximum absolute atomic E-state index is 14.9. The summed E-state index contributed by atoms with van der Waals surface area (Å²) in [6.45, 7) is 12.2. The Morgan fingerprint density at radius 3 is 2.36 bits per heavy atom. The zero-order valence-electron chi connectivity index (χ0n) is 14.5. The maximum Gasteiger partial charge on any atom is 0.130 e. The molecule has 22 heavy (non-hydrogen) atoms. The Kier molecular flexibility index (Phi) is 4.49. The molecule has 1 heterocycles. The van der Waals surface area contributed by atoms with Crippen molar-refractivity contribution in [2.45, 2.75) is 78.6 Å². The standard InChI is InChI=1S/C17H28FN3O/c1-7-17(22,8-2)10-21-15-11(3)14(18)12(16(4,5)6)9-13(15)19-20-21/h9,11,14,22H,7-8,10H2,1-6H3. The summed E-state index contributed by atoms with van der Waals surface area (Å²) in [4.78, 5) is 0. The second-order valence-electron chi connectivity index (χ2n) is 7.49. The Morgan fingerprint density at radius 2 is 1.86 bits per heavy atom. The topological polar surface area (TPSA) is 50.9 Å². The van der Waals surface area contributed by atoms with Crippen LogP contribution in [-0.2, 0) is 6.54 Å². The van der Waals surface area contributed by atoms with E-state index in [4.69, 9.17) is 0 Å². The molecule has 0 radical (unpaired) electrons. The second-order valence-corrected chi connectivity index (χ2v) is 7.49. The third kappa shape index (κ3) is 2.96. The van der Waals surface area contributed by atoms with Crippen LogP contribution in [0.1, 0.15) is 71.7 Å². The van der Waals surface area contributed by atoms with Crippen LogP contribution in [0.5, 0.6) is 0 Å². The Labute approximate surface area is 132 Å². The highest BCUT2D eigenvalue weighted by molar-refractivity contribution is 5.58. The monoisotopic (exact) mass is 309 g/mol. The molecule has 0 saturated carbocycles. The number of hydrogen-bond donors (Lipinski definition) is 1. The average molecular weight is 309 g/mol. The van der Waals surface area contributed by atoms with E-state index in [0.29, 0.717) is 19.4 Å². The van der Waals surface area contributed by atoms with Gasteiger partial charge in [-0.25, -0.2) is 9.07 Å². The first kappa shape index (κ1) is 17.1. The van der Waals surface area contributed by atoms with E-state index in [2.05, 4.69) is 10.3 Å². The van der Waals surface area contributed by atoms with Crippen molar-refractivity contribution in [3.05, 3.63) is 17.0 Å². The summed E-state index contributed by atoms with van der Waals surface area (Å²) in [6, 6.07) is 0. The lowest BCUT2D eigenvalue weighted by molar-refractivity contribution is 0.0101. The van der Waals surface area contributed by atoms with Gasteiger partial charge in [0.2, 0.25) is 0 Å². The minimum atomic E-state index is -1.04. The van der Waals surface area contributed by atoms with Crippen LogP contribution in [0.25, 0.3) is 6.08 Å². The first-order valence-corrected chi connectivity index (χ1v) is 8.15. The van der Waals surface area contributed by atoms with Gasteiger partial charge in [-0.15, -0.1) is 5.10 Å². The van der Waals surface area contributed by atoms with E-state index in [1.807, 2.05) is 47.6 Å². The lowest BCUT2D eigenvalue weighted by Crippen LogP contribution is -2.35. The van der Waals surface area contributed by atoms with Crippen molar-refractivity contribution in [1.82, 2.24) is 15.0 Å². The van der Waals surface area contributed by atoms with E-state index in [9.17, 15) is 9.50 Å². The van der Waals surface area contributed by atoms with Crippen molar-refractivity contribution >= 4 is 6.08 Å². The van der Waals surface area contributed by atoms with E-state index < -0.39 is 11.8 Å². The van der Waals surface area contributed by atoms with Gasteiger partial charge in [-0.3, -0.25) is 0 Å². The summed E-state index contributed by atoms with van der Waals surface area (Å²) in [6.07, 6.45) is 2.06. The van der Waals surface area contributed by atoms with Gasteiger partial charge in [-0.1, -0.05) is 46.8 Å². The molecule has 4 nitrogen and oxygen atoms in total. The quantitative estimate of drug-likeness (QED) is 0.922. The smallest absolute Gasteiger partial charge is 0.130 e. The van der Waals surface area contributed by atoms with Gasteiger partial charge in [-0.05, 0) is 29.9 Å². The van der Waals surface area contributed by atoms with Crippen LogP contribution in [0.2, 0.25) is 0 Å². The molecule has 0 fully saturated rings. The van der Waals surface area contributed by atoms with Crippen molar-refractivity contribution in [3.63, 3.8) is 0 Å². The van der Waals surface area contributed by atoms with E-state index in [0.717, 1.165) is 17.0 Å². The van der Waals surface area contributed by atoms with Crippen molar-refractivity contribution in [1.29, 1.82) is 0 Å². The molecule has 0 aliphatic heterocycles. The molecule has 0 saturated heterocycles. The van der Waals surface area contributed by atoms with Crippen LogP contribution in [0.3, 0.4) is 0 Å². The maximum atomic E-state index is 14.9. The molecular formula is C17H28FN3O. The number of alkyl halides is 1. The van der Waals surface area contributed by atoms with E-state index in [1.165, 1.54) is 0 Å². The van der Waals surface area contributed by atoms with Gasteiger partial charge in [0.15, 0.2) is 0 Å². The molecule has 2 rings (SSSR count). The minimum Gasteiger partial charge on any atom is -0.388 e. The number of fused-ring (bicyclic) bond motifs is 1. The summed E-state index contributed by atoms with van der Waals surface area (Å²) in [5.74, 6) is -0.304. The number of aromatic nitrogens is 3. The predicted molar refractivity (Wildman–Crippen MR) is 86.3 cm³/mol. The molecule has 0 amide bonds. The summed E-state index contributed by atoms with van der Waals surface area (Å²) >= 11 is 0. The van der Waals surface area contributed by atoms with Gasteiger partial charge < -0.3 is 5.11 Å². The van der Waals surface area contributed by atoms with Gasteiger partial charge >= 0.3 is 0 Å².